The highest BCUT2D eigenvalue weighted by Gasteiger charge is 2.18. The Labute approximate surface area is 52.7 Å². The van der Waals surface area contributed by atoms with Gasteiger partial charge in [0.25, 0.3) is 0 Å². The van der Waals surface area contributed by atoms with Crippen LogP contribution >= 0.6 is 0 Å². The van der Waals surface area contributed by atoms with E-state index in [1.807, 2.05) is 0 Å². The van der Waals surface area contributed by atoms with Crippen LogP contribution in [0.5, 0.6) is 0 Å². The zero-order valence-electron chi connectivity index (χ0n) is 5.07. The van der Waals surface area contributed by atoms with E-state index in [4.69, 9.17) is 10.8 Å². The molecule has 0 saturated carbocycles. The molecule has 0 aromatic rings. The summed E-state index contributed by atoms with van der Waals surface area (Å²) < 4.78 is 0. The average molecular weight is 131 g/mol. The van der Waals surface area contributed by atoms with Crippen molar-refractivity contribution < 1.29 is 14.7 Å². The van der Waals surface area contributed by atoms with Gasteiger partial charge in [-0.25, -0.2) is 0 Å². The van der Waals surface area contributed by atoms with Gasteiger partial charge in [0.05, 0.1) is 12.0 Å². The fourth-order valence-corrected chi connectivity index (χ4v) is 0.282. The van der Waals surface area contributed by atoms with Crippen LogP contribution in [0, 0.1) is 5.92 Å². The van der Waals surface area contributed by atoms with E-state index in [9.17, 15) is 9.59 Å². The predicted octanol–water partition coefficient (Wildman–Crippen LogP) is -0.767. The Bertz CT molecular complexity index is 123. The molecule has 52 valence electrons. The van der Waals surface area contributed by atoms with Crippen molar-refractivity contribution in [1.82, 2.24) is 0 Å². The Kier molecular flexibility index (Phi) is 2.87. The first-order valence-corrected chi connectivity index (χ1v) is 2.53. The summed E-state index contributed by atoms with van der Waals surface area (Å²) in [6.45, 7) is 1.39. The third-order valence-corrected chi connectivity index (χ3v) is 1.12. The second-order valence-electron chi connectivity index (χ2n) is 1.84. The van der Waals surface area contributed by atoms with Gasteiger partial charge in [-0.05, 0) is 6.92 Å². The van der Waals surface area contributed by atoms with E-state index in [-0.39, 0.29) is 0 Å². The molecule has 0 bridgehead atoms. The molecule has 0 amide bonds. The molecule has 9 heavy (non-hydrogen) atoms. The minimum absolute atomic E-state index is 0.429. The van der Waals surface area contributed by atoms with Crippen molar-refractivity contribution in [2.24, 2.45) is 11.7 Å². The molecule has 0 rings (SSSR count). The van der Waals surface area contributed by atoms with E-state index in [1.54, 1.807) is 0 Å². The van der Waals surface area contributed by atoms with Crippen molar-refractivity contribution in [3.63, 3.8) is 0 Å². The van der Waals surface area contributed by atoms with Gasteiger partial charge < -0.3 is 15.6 Å². The average Bonchev–Trinajstić information content (AvgIpc) is 1.84. The molecule has 0 aromatic heterocycles. The Balaban J connectivity index is 3.86. The van der Waals surface area contributed by atoms with E-state index >= 15 is 0 Å². The number of rotatable bonds is 3. The molecule has 0 saturated heterocycles. The van der Waals surface area contributed by atoms with Crippen LogP contribution < -0.4 is 5.73 Å². The van der Waals surface area contributed by atoms with E-state index in [0.29, 0.717) is 6.29 Å². The van der Waals surface area contributed by atoms with Crippen molar-refractivity contribution in [3.05, 3.63) is 0 Å². The minimum Gasteiger partial charge on any atom is -0.481 e. The summed E-state index contributed by atoms with van der Waals surface area (Å²) in [5.74, 6) is -1.84. The highest BCUT2D eigenvalue weighted by molar-refractivity contribution is 5.76. The predicted molar refractivity (Wildman–Crippen MR) is 30.8 cm³/mol. The number of carboxylic acids is 1. The van der Waals surface area contributed by atoms with Crippen LogP contribution in [-0.4, -0.2) is 23.4 Å². The Morgan fingerprint density at radius 2 is 2.22 bits per heavy atom. The molecule has 0 fully saturated rings. The van der Waals surface area contributed by atoms with Crippen LogP contribution in [0.2, 0.25) is 0 Å². The molecule has 0 radical (unpaired) electrons. The van der Waals surface area contributed by atoms with E-state index in [1.165, 1.54) is 6.92 Å². The number of nitrogens with two attached hydrogens (primary N) is 1. The van der Waals surface area contributed by atoms with Crippen LogP contribution in [0.15, 0.2) is 0 Å². The number of aldehydes is 1. The largest absolute Gasteiger partial charge is 0.481 e. The van der Waals surface area contributed by atoms with Crippen LogP contribution in [0.25, 0.3) is 0 Å². The zero-order chi connectivity index (χ0) is 7.44. The Hall–Kier alpha value is -0.900. The smallest absolute Gasteiger partial charge is 0.308 e. The summed E-state index contributed by atoms with van der Waals surface area (Å²) in [5.41, 5.74) is 5.07. The third-order valence-electron chi connectivity index (χ3n) is 1.12. The third kappa shape index (κ3) is 2.23. The van der Waals surface area contributed by atoms with Gasteiger partial charge in [0, 0.05) is 0 Å². The van der Waals surface area contributed by atoms with Gasteiger partial charge in [-0.1, -0.05) is 0 Å². The van der Waals surface area contributed by atoms with Gasteiger partial charge in [0.2, 0.25) is 0 Å². The monoisotopic (exact) mass is 131 g/mol. The molecule has 3 N–H and O–H groups in total. The molecule has 0 spiro atoms. The molecule has 0 aliphatic rings. The number of carbonyl (C=O) groups excluding carboxylic acids is 1. The lowest BCUT2D eigenvalue weighted by atomic mass is 10.1. The van der Waals surface area contributed by atoms with E-state index in [2.05, 4.69) is 0 Å². The first-order valence-electron chi connectivity index (χ1n) is 2.53. The molecule has 0 aliphatic carbocycles. The van der Waals surface area contributed by atoms with Crippen LogP contribution in [0.4, 0.5) is 0 Å². The van der Waals surface area contributed by atoms with E-state index < -0.39 is 17.9 Å². The second-order valence-corrected chi connectivity index (χ2v) is 1.84. The van der Waals surface area contributed by atoms with E-state index in [0.717, 1.165) is 0 Å². The lowest BCUT2D eigenvalue weighted by Gasteiger charge is -2.06. The van der Waals surface area contributed by atoms with Crippen LogP contribution in [0.1, 0.15) is 6.92 Å². The van der Waals surface area contributed by atoms with Gasteiger partial charge in [0.15, 0.2) is 0 Å². The number of carbonyl (C=O) groups is 2. The lowest BCUT2D eigenvalue weighted by molar-refractivity contribution is -0.142. The molecule has 0 heterocycles. The molecule has 2 atom stereocenters. The fourth-order valence-electron chi connectivity index (χ4n) is 0.282. The maximum atomic E-state index is 10.1. The van der Waals surface area contributed by atoms with Crippen molar-refractivity contribution in [1.29, 1.82) is 0 Å². The maximum absolute atomic E-state index is 10.1. The first-order chi connectivity index (χ1) is 4.09. The molecular formula is C5H9NO3. The zero-order valence-corrected chi connectivity index (χ0v) is 5.07. The summed E-state index contributed by atoms with van der Waals surface area (Å²) in [6, 6.07) is -0.887. The fraction of sp³-hybridized carbons (Fsp3) is 0.600. The number of carboxylic acid groups (broad SMARTS) is 1. The standard InChI is InChI=1S/C5H9NO3/c1-3(5(8)9)4(6)2-7/h2-4H,6H2,1H3,(H,8,9)/t3?,4-/m1/s1. The minimum atomic E-state index is -1.05. The molecule has 0 aromatic carbocycles. The summed E-state index contributed by atoms with van der Waals surface area (Å²) in [6.07, 6.45) is 0.429. The second kappa shape index (κ2) is 3.19. The number of aliphatic carboxylic acids is 1. The summed E-state index contributed by atoms with van der Waals surface area (Å²) in [7, 11) is 0. The SMILES string of the molecule is CC(C(=O)O)[C@H](N)C=O. The highest BCUT2D eigenvalue weighted by atomic mass is 16.4. The highest BCUT2D eigenvalue weighted by Crippen LogP contribution is 1.96. The summed E-state index contributed by atoms with van der Waals surface area (Å²) >= 11 is 0. The Morgan fingerprint density at radius 1 is 1.78 bits per heavy atom. The van der Waals surface area contributed by atoms with Gasteiger partial charge in [-0.15, -0.1) is 0 Å². The molecule has 4 heteroatoms. The molecule has 0 aliphatic heterocycles. The van der Waals surface area contributed by atoms with Crippen molar-refractivity contribution in [2.45, 2.75) is 13.0 Å². The lowest BCUT2D eigenvalue weighted by Crippen LogP contribution is -2.34. The number of hydrogen-bond donors (Lipinski definition) is 2. The van der Waals surface area contributed by atoms with Crippen molar-refractivity contribution in [2.75, 3.05) is 0 Å². The maximum Gasteiger partial charge on any atom is 0.308 e. The molecule has 4 nitrogen and oxygen atoms in total. The van der Waals surface area contributed by atoms with Crippen LogP contribution in [0.3, 0.4) is 0 Å². The van der Waals surface area contributed by atoms with Gasteiger partial charge >= 0.3 is 5.97 Å². The van der Waals surface area contributed by atoms with Gasteiger partial charge in [-0.2, -0.15) is 0 Å². The first kappa shape index (κ1) is 8.10. The van der Waals surface area contributed by atoms with Gasteiger partial charge in [0.1, 0.15) is 6.29 Å². The van der Waals surface area contributed by atoms with Crippen LogP contribution in [-0.2, 0) is 9.59 Å². The summed E-state index contributed by atoms with van der Waals surface area (Å²) in [4.78, 5) is 19.9. The van der Waals surface area contributed by atoms with Crippen molar-refractivity contribution >= 4 is 12.3 Å². The number of hydrogen-bond acceptors (Lipinski definition) is 3. The normalized spacial score (nSPS) is 16.2. The molecule has 1 unspecified atom stereocenters. The summed E-state index contributed by atoms with van der Waals surface area (Å²) in [5, 5.41) is 8.24. The van der Waals surface area contributed by atoms with Gasteiger partial charge in [-0.3, -0.25) is 4.79 Å². The topological polar surface area (TPSA) is 80.4 Å². The molecular weight excluding hydrogens is 122 g/mol. The Morgan fingerprint density at radius 3 is 2.33 bits per heavy atom. The quantitative estimate of drug-likeness (QED) is 0.493. The van der Waals surface area contributed by atoms with Crippen molar-refractivity contribution in [3.8, 4) is 0 Å².